The second kappa shape index (κ2) is 10.3. The molecule has 0 bridgehead atoms. The molecule has 0 aromatic heterocycles. The maximum absolute atomic E-state index is 15.5. The molecule has 0 N–H and O–H groups in total. The largest absolute Gasteiger partial charge is 0.573 e. The van der Waals surface area contributed by atoms with Gasteiger partial charge in [-0.15, -0.1) is 13.2 Å². The van der Waals surface area contributed by atoms with E-state index in [2.05, 4.69) is 14.4 Å². The van der Waals surface area contributed by atoms with Crippen molar-refractivity contribution < 1.29 is 56.8 Å². The third-order valence-corrected chi connectivity index (χ3v) is 10.4. The van der Waals surface area contributed by atoms with E-state index in [0.29, 0.717) is 29.8 Å². The van der Waals surface area contributed by atoms with E-state index in [1.54, 1.807) is 0 Å². The molecule has 2 aliphatic carbocycles. The molecule has 0 amide bonds. The van der Waals surface area contributed by atoms with Crippen LogP contribution in [0.5, 0.6) is 5.75 Å². The number of allylic oxidation sites excluding steroid dienone is 3. The van der Waals surface area contributed by atoms with Crippen LogP contribution in [0.2, 0.25) is 0 Å². The molecule has 52 heavy (non-hydrogen) atoms. The molecule has 0 heterocycles. The highest BCUT2D eigenvalue weighted by Gasteiger charge is 2.72. The molecule has 0 spiro atoms. The Morgan fingerprint density at radius 3 is 1.42 bits per heavy atom. The molecule has 0 aliphatic heterocycles. The number of alkyl halides is 3. The van der Waals surface area contributed by atoms with E-state index in [9.17, 15) is 23.7 Å². The zero-order chi connectivity index (χ0) is 39.2. The van der Waals surface area contributed by atoms with Crippen molar-refractivity contribution in [3.05, 3.63) is 132 Å². The van der Waals surface area contributed by atoms with Crippen LogP contribution in [0.3, 0.4) is 0 Å². The van der Waals surface area contributed by atoms with Gasteiger partial charge < -0.3 is 4.74 Å². The monoisotopic (exact) mass is 782 g/mol. The minimum Gasteiger partial charge on any atom is -0.406 e. The molecule has 5 rings (SSSR count). The Balaban J connectivity index is 2.25. The molecule has 5 nitrogen and oxygen atoms in total. The van der Waals surface area contributed by atoms with E-state index in [0.717, 1.165) is 12.1 Å². The molecule has 3 aromatic rings. The smallest absolute Gasteiger partial charge is 0.406 e. The minimum absolute atomic E-state index is 0.402. The Bertz CT molecular complexity index is 2480. The number of halogens is 13. The van der Waals surface area contributed by atoms with Crippen LogP contribution >= 0.6 is 20.4 Å². The summed E-state index contributed by atoms with van der Waals surface area (Å²) in [7, 11) is -22.9. The maximum atomic E-state index is 15.5. The quantitative estimate of drug-likeness (QED) is 0.147. The van der Waals surface area contributed by atoms with Crippen LogP contribution in [0.15, 0.2) is 80.9 Å². The van der Waals surface area contributed by atoms with Crippen LogP contribution in [0, 0.1) is 42.7 Å². The summed E-state index contributed by atoms with van der Waals surface area (Å²) >= 11 is 0. The number of ether oxygens (including phenoxy) is 1. The molecule has 272 valence electrons. The molecule has 2 aliphatic rings. The molecule has 3 aromatic carbocycles. The van der Waals surface area contributed by atoms with Gasteiger partial charge in [-0.25, -0.2) is 0 Å². The van der Waals surface area contributed by atoms with Crippen LogP contribution < -0.4 is 15.2 Å². The van der Waals surface area contributed by atoms with Gasteiger partial charge in [-0.1, -0.05) is 80.8 Å². The Labute approximate surface area is 284 Å². The average molecular weight is 783 g/mol. The van der Waals surface area contributed by atoms with Crippen molar-refractivity contribution in [2.45, 2.75) is 35.9 Å². The summed E-state index contributed by atoms with van der Waals surface area (Å²) in [5.41, 5.74) is -11.2. The van der Waals surface area contributed by atoms with E-state index in [1.165, 1.54) is 31.2 Å². The molecular formula is C32H15F13N4OS2. The van der Waals surface area contributed by atoms with Crippen LogP contribution in [0.25, 0.3) is 20.8 Å². The number of nitrogens with zero attached hydrogens (tertiary/aromatic N) is 4. The van der Waals surface area contributed by atoms with Crippen molar-refractivity contribution in [1.82, 2.24) is 0 Å². The first-order valence-electron chi connectivity index (χ1n) is 13.8. The fourth-order valence-corrected chi connectivity index (χ4v) is 8.76. The molecule has 0 unspecified atom stereocenters. The number of fused-ring (bicyclic) bond motifs is 2. The van der Waals surface area contributed by atoms with Crippen molar-refractivity contribution in [3.63, 3.8) is 0 Å². The number of hydrogen-bond acceptors (Lipinski definition) is 3. The first-order valence-corrected chi connectivity index (χ1v) is 17.7. The molecule has 20 heteroatoms. The number of benzene rings is 3. The standard InChI is InChI=1S/C32H15F13N4OS2/c1-16-4-6-17(7-5-16)26-24(31(48-2)49-3)13-23-28(26)29(51(36,37,38,39)40)22-12-21(19(14-46)15-47)25(27(22)30(23)52(41,42,43,44)45)18-8-10-20(11-9-18)50-32(33,34)35/h4-11H,12-13H2,1H3. The van der Waals surface area contributed by atoms with E-state index >= 15 is 38.9 Å². The van der Waals surface area contributed by atoms with E-state index in [4.69, 9.17) is 13.1 Å². The van der Waals surface area contributed by atoms with Crippen molar-refractivity contribution in [2.24, 2.45) is 0 Å². The van der Waals surface area contributed by atoms with Gasteiger partial charge in [-0.05, 0) is 64.5 Å². The highest BCUT2D eigenvalue weighted by atomic mass is 32.5. The second-order valence-electron chi connectivity index (χ2n) is 11.4. The zero-order valence-electron chi connectivity index (χ0n) is 25.5. The lowest BCUT2D eigenvalue weighted by atomic mass is 9.95. The summed E-state index contributed by atoms with van der Waals surface area (Å²) in [6.45, 7) is 16.2. The highest BCUT2D eigenvalue weighted by molar-refractivity contribution is 8.46. The first-order chi connectivity index (χ1) is 23.4. The number of nitriles is 2. The minimum atomic E-state index is -11.4. The summed E-state index contributed by atoms with van der Waals surface area (Å²) < 4.78 is 197. The second-order valence-corrected chi connectivity index (χ2v) is 16.1. The Hall–Kier alpha value is -5.57. The van der Waals surface area contributed by atoms with Crippen molar-refractivity contribution >= 4 is 31.6 Å². The first kappa shape index (κ1) is 37.7. The van der Waals surface area contributed by atoms with Crippen LogP contribution in [0.1, 0.15) is 27.8 Å². The van der Waals surface area contributed by atoms with Gasteiger partial charge in [-0.2, -0.15) is 20.2 Å². The van der Waals surface area contributed by atoms with Crippen molar-refractivity contribution in [3.8, 4) is 17.9 Å². The van der Waals surface area contributed by atoms with Gasteiger partial charge in [0, 0.05) is 16.9 Å². The van der Waals surface area contributed by atoms with Gasteiger partial charge in [0.05, 0.1) is 5.57 Å². The summed E-state index contributed by atoms with van der Waals surface area (Å²) in [5, 5.41) is 15.0. The Morgan fingerprint density at radius 2 is 1.06 bits per heavy atom. The number of hydrogen-bond donors (Lipinski definition) is 0. The van der Waals surface area contributed by atoms with Gasteiger partial charge in [0.2, 0.25) is 0 Å². The van der Waals surface area contributed by atoms with Gasteiger partial charge in [0.1, 0.15) is 46.4 Å². The highest BCUT2D eigenvalue weighted by Crippen LogP contribution is 3.04. The number of rotatable bonds is 5. The molecular weight excluding hydrogens is 767 g/mol. The van der Waals surface area contributed by atoms with E-state index in [-0.39, 0.29) is 0 Å². The summed E-state index contributed by atoms with van der Waals surface area (Å²) in [5.74, 6) is -2.26. The number of aryl methyl sites for hydroxylation is 1. The molecule has 0 saturated carbocycles. The third-order valence-electron chi connectivity index (χ3n) is 7.91. The lowest BCUT2D eigenvalue weighted by molar-refractivity contribution is -0.274. The lowest BCUT2D eigenvalue weighted by Crippen LogP contribution is -2.34. The Kier molecular flexibility index (Phi) is 7.44. The third kappa shape index (κ3) is 6.75. The topological polar surface area (TPSA) is 65.5 Å². The Morgan fingerprint density at radius 1 is 0.673 bits per heavy atom. The normalized spacial score (nSPS) is 16.9. The molecule has 0 radical (unpaired) electrons. The molecule has 0 saturated heterocycles. The van der Waals surface area contributed by atoms with E-state index in [1.807, 2.05) is 0 Å². The van der Waals surface area contributed by atoms with Gasteiger partial charge in [0.15, 0.2) is 0 Å². The predicted molar refractivity (Wildman–Crippen MR) is 164 cm³/mol. The SMILES string of the molecule is [C-]#[N+]C([N+]#[C-])=C1Cc2c(S(F)(F)(F)(F)F)c3c(c(S(F)(F)(F)(F)F)c2=C1c1ccc(C)cc1)CC(=C(C#N)C#N)C=3c1ccc(OC(F)(F)F)cc1. The summed E-state index contributed by atoms with van der Waals surface area (Å²) in [4.78, 5) is -0.592. The van der Waals surface area contributed by atoms with Crippen molar-refractivity contribution in [2.75, 3.05) is 0 Å². The van der Waals surface area contributed by atoms with Crippen LogP contribution in [0.4, 0.5) is 52.0 Å². The maximum Gasteiger partial charge on any atom is 0.573 e. The van der Waals surface area contributed by atoms with Gasteiger partial charge >= 0.3 is 32.6 Å². The predicted octanol–water partition coefficient (Wildman–Crippen LogP) is 11.1. The van der Waals surface area contributed by atoms with Gasteiger partial charge in [-0.3, -0.25) is 0 Å². The summed E-state index contributed by atoms with van der Waals surface area (Å²) in [6.07, 6.45) is -8.81. The fraction of sp³-hybridized carbons (Fsp3) is 0.125. The van der Waals surface area contributed by atoms with Crippen LogP contribution in [-0.2, 0) is 12.8 Å². The molecule has 0 atom stereocenters. The average Bonchev–Trinajstić information content (AvgIpc) is 3.53. The van der Waals surface area contributed by atoms with E-state index < -0.39 is 122 Å². The van der Waals surface area contributed by atoms with Gasteiger partial charge in [0.25, 0.3) is 0 Å². The zero-order valence-corrected chi connectivity index (χ0v) is 27.1. The molecule has 0 fully saturated rings. The van der Waals surface area contributed by atoms with Crippen LogP contribution in [-0.4, -0.2) is 6.36 Å². The summed E-state index contributed by atoms with van der Waals surface area (Å²) in [6, 6.07) is 8.47. The fourth-order valence-electron chi connectivity index (χ4n) is 6.26. The lowest BCUT2D eigenvalue weighted by Gasteiger charge is -2.45. The van der Waals surface area contributed by atoms with Crippen molar-refractivity contribution in [1.29, 1.82) is 10.5 Å².